The maximum atomic E-state index is 12.6. The smallest absolute Gasteiger partial charge is 0.262 e. The lowest BCUT2D eigenvalue weighted by atomic mass is 10.1. The molecule has 1 saturated heterocycles. The van der Waals surface area contributed by atoms with E-state index in [1.54, 1.807) is 34.1 Å². The minimum Gasteiger partial charge on any atom is -0.341 e. The number of amides is 4. The van der Waals surface area contributed by atoms with E-state index in [2.05, 4.69) is 0 Å². The molecular formula is C18H21N3O4. The van der Waals surface area contributed by atoms with Crippen LogP contribution in [0.2, 0.25) is 0 Å². The summed E-state index contributed by atoms with van der Waals surface area (Å²) in [6, 6.07) is 6.59. The number of fused-ring (bicyclic) bond motifs is 1. The van der Waals surface area contributed by atoms with Crippen molar-refractivity contribution in [3.63, 3.8) is 0 Å². The molecule has 0 radical (unpaired) electrons. The molecule has 132 valence electrons. The Balaban J connectivity index is 1.64. The fraction of sp³-hybridized carbons (Fsp3) is 0.444. The highest BCUT2D eigenvalue weighted by Crippen LogP contribution is 2.22. The zero-order valence-electron chi connectivity index (χ0n) is 14.2. The van der Waals surface area contributed by atoms with Crippen molar-refractivity contribution in [2.24, 2.45) is 0 Å². The number of hydrogen-bond acceptors (Lipinski definition) is 4. The fourth-order valence-electron chi connectivity index (χ4n) is 3.26. The van der Waals surface area contributed by atoms with Crippen LogP contribution in [0.4, 0.5) is 0 Å². The molecule has 7 heteroatoms. The zero-order chi connectivity index (χ0) is 18.0. The van der Waals surface area contributed by atoms with Gasteiger partial charge in [0.2, 0.25) is 11.8 Å². The minimum atomic E-state index is -0.424. The lowest BCUT2D eigenvalue weighted by Gasteiger charge is -2.23. The van der Waals surface area contributed by atoms with E-state index < -0.39 is 11.8 Å². The van der Waals surface area contributed by atoms with Crippen LogP contribution < -0.4 is 0 Å². The molecule has 0 spiro atoms. The zero-order valence-corrected chi connectivity index (χ0v) is 14.2. The number of carbonyl (C=O) groups excluding carboxylic acids is 4. The first-order chi connectivity index (χ1) is 12.0. The second-order valence-electron chi connectivity index (χ2n) is 6.21. The van der Waals surface area contributed by atoms with Crippen molar-refractivity contribution in [3.8, 4) is 0 Å². The maximum Gasteiger partial charge on any atom is 0.262 e. The van der Waals surface area contributed by atoms with Crippen LogP contribution in [0.3, 0.4) is 0 Å². The molecule has 0 saturated carbocycles. The van der Waals surface area contributed by atoms with E-state index >= 15 is 0 Å². The number of nitrogens with zero attached hydrogens (tertiary/aromatic N) is 3. The van der Waals surface area contributed by atoms with E-state index in [1.165, 1.54) is 0 Å². The number of imide groups is 1. The molecule has 7 nitrogen and oxygen atoms in total. The van der Waals surface area contributed by atoms with Crippen molar-refractivity contribution in [3.05, 3.63) is 35.4 Å². The Kier molecular flexibility index (Phi) is 4.83. The summed E-state index contributed by atoms with van der Waals surface area (Å²) >= 11 is 0. The van der Waals surface area contributed by atoms with Gasteiger partial charge in [-0.15, -0.1) is 0 Å². The average Bonchev–Trinajstić information content (AvgIpc) is 2.81. The van der Waals surface area contributed by atoms with Gasteiger partial charge < -0.3 is 9.80 Å². The molecule has 25 heavy (non-hydrogen) atoms. The van der Waals surface area contributed by atoms with Gasteiger partial charge in [-0.05, 0) is 18.6 Å². The van der Waals surface area contributed by atoms with Crippen LogP contribution in [0.1, 0.15) is 40.5 Å². The predicted octanol–water partition coefficient (Wildman–Crippen LogP) is 0.753. The summed E-state index contributed by atoms with van der Waals surface area (Å²) in [5, 5.41) is 0. The summed E-state index contributed by atoms with van der Waals surface area (Å²) in [6.45, 7) is 3.62. The fourth-order valence-corrected chi connectivity index (χ4v) is 3.26. The Morgan fingerprint density at radius 1 is 0.880 bits per heavy atom. The Labute approximate surface area is 146 Å². The molecule has 0 unspecified atom stereocenters. The molecule has 2 aliphatic heterocycles. The van der Waals surface area contributed by atoms with Crippen LogP contribution in [0.25, 0.3) is 0 Å². The SMILES string of the molecule is CCC(=O)N1CCCN(C(=O)CN2C(=O)c3ccccc3C2=O)CC1. The van der Waals surface area contributed by atoms with Gasteiger partial charge in [-0.25, -0.2) is 0 Å². The highest BCUT2D eigenvalue weighted by molar-refractivity contribution is 6.22. The van der Waals surface area contributed by atoms with Gasteiger partial charge in [0.15, 0.2) is 0 Å². The molecule has 0 aromatic heterocycles. The molecule has 4 amide bonds. The van der Waals surface area contributed by atoms with Crippen molar-refractivity contribution >= 4 is 23.6 Å². The maximum absolute atomic E-state index is 12.6. The van der Waals surface area contributed by atoms with Gasteiger partial charge in [-0.1, -0.05) is 19.1 Å². The van der Waals surface area contributed by atoms with E-state index in [-0.39, 0.29) is 18.4 Å². The molecule has 3 rings (SSSR count). The first-order valence-electron chi connectivity index (χ1n) is 8.53. The second-order valence-corrected chi connectivity index (χ2v) is 6.21. The van der Waals surface area contributed by atoms with Gasteiger partial charge in [0.1, 0.15) is 6.54 Å². The highest BCUT2D eigenvalue weighted by Gasteiger charge is 2.37. The van der Waals surface area contributed by atoms with Gasteiger partial charge in [0.25, 0.3) is 11.8 Å². The van der Waals surface area contributed by atoms with Crippen LogP contribution >= 0.6 is 0 Å². The summed E-state index contributed by atoms with van der Waals surface area (Å²) in [5.41, 5.74) is 0.687. The first-order valence-corrected chi connectivity index (χ1v) is 8.53. The van der Waals surface area contributed by atoms with Crippen molar-refractivity contribution in [2.45, 2.75) is 19.8 Å². The third-order valence-corrected chi connectivity index (χ3v) is 4.68. The third kappa shape index (κ3) is 3.26. The van der Waals surface area contributed by atoms with Gasteiger partial charge in [-0.2, -0.15) is 0 Å². The number of hydrogen-bond donors (Lipinski definition) is 0. The lowest BCUT2D eigenvalue weighted by molar-refractivity contribution is -0.133. The van der Waals surface area contributed by atoms with Gasteiger partial charge in [-0.3, -0.25) is 24.1 Å². The molecule has 2 aliphatic rings. The van der Waals surface area contributed by atoms with E-state index in [1.807, 2.05) is 6.92 Å². The van der Waals surface area contributed by atoms with E-state index in [4.69, 9.17) is 0 Å². The van der Waals surface area contributed by atoms with Gasteiger partial charge in [0.05, 0.1) is 11.1 Å². The summed E-state index contributed by atoms with van der Waals surface area (Å²) in [5.74, 6) is -1.03. The molecule has 0 atom stereocenters. The minimum absolute atomic E-state index is 0.0784. The van der Waals surface area contributed by atoms with Crippen LogP contribution in [-0.2, 0) is 9.59 Å². The molecule has 1 aromatic carbocycles. The van der Waals surface area contributed by atoms with Gasteiger partial charge >= 0.3 is 0 Å². The molecule has 0 N–H and O–H groups in total. The largest absolute Gasteiger partial charge is 0.341 e. The average molecular weight is 343 g/mol. The van der Waals surface area contributed by atoms with Crippen molar-refractivity contribution < 1.29 is 19.2 Å². The van der Waals surface area contributed by atoms with Crippen LogP contribution in [-0.4, -0.2) is 71.1 Å². The van der Waals surface area contributed by atoms with Crippen molar-refractivity contribution in [1.29, 1.82) is 0 Å². The third-order valence-electron chi connectivity index (χ3n) is 4.68. The van der Waals surface area contributed by atoms with Crippen LogP contribution in [0.5, 0.6) is 0 Å². The molecule has 0 aliphatic carbocycles. The molecule has 0 bridgehead atoms. The first kappa shape index (κ1) is 17.1. The Bertz CT molecular complexity index is 696. The monoisotopic (exact) mass is 343 g/mol. The summed E-state index contributed by atoms with van der Waals surface area (Å²) < 4.78 is 0. The molecule has 2 heterocycles. The molecular weight excluding hydrogens is 322 g/mol. The summed E-state index contributed by atoms with van der Waals surface area (Å²) in [4.78, 5) is 53.5. The highest BCUT2D eigenvalue weighted by atomic mass is 16.2. The lowest BCUT2D eigenvalue weighted by Crippen LogP contribution is -2.44. The van der Waals surface area contributed by atoms with E-state index in [9.17, 15) is 19.2 Å². The van der Waals surface area contributed by atoms with Crippen molar-refractivity contribution in [1.82, 2.24) is 14.7 Å². The standard InChI is InChI=1S/C18H21N3O4/c1-2-15(22)19-8-5-9-20(11-10-19)16(23)12-21-17(24)13-6-3-4-7-14(13)18(21)25/h3-4,6-7H,2,5,8-12H2,1H3. The quantitative estimate of drug-likeness (QED) is 0.759. The van der Waals surface area contributed by atoms with Gasteiger partial charge in [0, 0.05) is 32.6 Å². The summed E-state index contributed by atoms with van der Waals surface area (Å²) in [6.07, 6.45) is 1.14. The normalized spacial score (nSPS) is 17.6. The topological polar surface area (TPSA) is 78.0 Å². The summed E-state index contributed by atoms with van der Waals surface area (Å²) in [7, 11) is 0. The van der Waals surface area contributed by atoms with Crippen LogP contribution in [0, 0.1) is 0 Å². The van der Waals surface area contributed by atoms with E-state index in [0.717, 1.165) is 4.90 Å². The Hall–Kier alpha value is -2.70. The molecule has 1 aromatic rings. The molecule has 1 fully saturated rings. The predicted molar refractivity (Wildman–Crippen MR) is 89.9 cm³/mol. The Morgan fingerprint density at radius 3 is 1.92 bits per heavy atom. The Morgan fingerprint density at radius 2 is 1.40 bits per heavy atom. The second kappa shape index (κ2) is 7.04. The van der Waals surface area contributed by atoms with Crippen molar-refractivity contribution in [2.75, 3.05) is 32.7 Å². The number of benzene rings is 1. The number of rotatable bonds is 3. The van der Waals surface area contributed by atoms with E-state index in [0.29, 0.717) is 50.1 Å². The number of carbonyl (C=O) groups is 4. The van der Waals surface area contributed by atoms with Crippen LogP contribution in [0.15, 0.2) is 24.3 Å².